The lowest BCUT2D eigenvalue weighted by atomic mass is 9.89. The zero-order valence-corrected chi connectivity index (χ0v) is 13.5. The Morgan fingerprint density at radius 1 is 1.05 bits per heavy atom. The lowest BCUT2D eigenvalue weighted by Crippen LogP contribution is -2.51. The van der Waals surface area contributed by atoms with Gasteiger partial charge in [0.2, 0.25) is 0 Å². The quantitative estimate of drug-likeness (QED) is 0.802. The van der Waals surface area contributed by atoms with Crippen LogP contribution in [0.1, 0.15) is 33.6 Å². The highest BCUT2D eigenvalue weighted by atomic mass is 16.3. The first-order chi connectivity index (χ1) is 9.86. The van der Waals surface area contributed by atoms with E-state index in [9.17, 15) is 5.11 Å². The fourth-order valence-electron chi connectivity index (χ4n) is 2.42. The summed E-state index contributed by atoms with van der Waals surface area (Å²) in [5.41, 5.74) is -0.0830. The van der Waals surface area contributed by atoms with Crippen LogP contribution in [-0.4, -0.2) is 60.3 Å². The van der Waals surface area contributed by atoms with Crippen molar-refractivity contribution in [3.63, 3.8) is 0 Å². The van der Waals surface area contributed by atoms with E-state index in [1.54, 1.807) is 0 Å². The van der Waals surface area contributed by atoms with Crippen LogP contribution in [0.5, 0.6) is 0 Å². The first-order valence-corrected chi connectivity index (χ1v) is 7.76. The first kappa shape index (κ1) is 17.9. The van der Waals surface area contributed by atoms with E-state index in [4.69, 9.17) is 10.5 Å². The van der Waals surface area contributed by atoms with Gasteiger partial charge >= 0.3 is 0 Å². The number of hydrogen-bond acceptors (Lipinski definition) is 5. The molecule has 0 aromatic carbocycles. The molecule has 2 unspecified atom stereocenters. The van der Waals surface area contributed by atoms with E-state index >= 15 is 0 Å². The van der Waals surface area contributed by atoms with E-state index in [0.29, 0.717) is 19.4 Å². The van der Waals surface area contributed by atoms with E-state index in [2.05, 4.69) is 42.7 Å². The van der Waals surface area contributed by atoms with Crippen molar-refractivity contribution in [2.24, 2.45) is 11.3 Å². The molecule has 0 radical (unpaired) electrons. The summed E-state index contributed by atoms with van der Waals surface area (Å²) in [5.74, 6) is -0.0450. The molecule has 0 saturated carbocycles. The smallest absolute Gasteiger partial charge is 0.0715 e. The first-order valence-electron chi connectivity index (χ1n) is 7.76. The van der Waals surface area contributed by atoms with Crippen LogP contribution in [0.4, 0.5) is 0 Å². The third-order valence-electron chi connectivity index (χ3n) is 4.16. The maximum atomic E-state index is 10.2. The molecule has 0 aromatic heterocycles. The molecular weight excluding hydrogens is 264 g/mol. The number of hydrogen-bond donors (Lipinski definition) is 1. The second-order valence-electron chi connectivity index (χ2n) is 7.01. The van der Waals surface area contributed by atoms with E-state index in [-0.39, 0.29) is 17.4 Å². The van der Waals surface area contributed by atoms with Gasteiger partial charge in [0, 0.05) is 45.7 Å². The summed E-state index contributed by atoms with van der Waals surface area (Å²) in [6.45, 7) is 11.4. The van der Waals surface area contributed by atoms with Crippen LogP contribution in [0.15, 0.2) is 0 Å². The normalized spacial score (nSPS) is 20.5. The lowest BCUT2D eigenvalue weighted by molar-refractivity contribution is 0.0125. The van der Waals surface area contributed by atoms with Gasteiger partial charge in [-0.15, -0.1) is 0 Å². The van der Waals surface area contributed by atoms with Crippen LogP contribution in [0, 0.1) is 34.0 Å². The lowest BCUT2D eigenvalue weighted by Gasteiger charge is -2.38. The monoisotopic (exact) mass is 292 g/mol. The maximum Gasteiger partial charge on any atom is 0.0715 e. The van der Waals surface area contributed by atoms with Gasteiger partial charge in [0.15, 0.2) is 0 Å². The van der Waals surface area contributed by atoms with Crippen molar-refractivity contribution in [2.45, 2.75) is 39.7 Å². The molecule has 0 spiro atoms. The summed E-state index contributed by atoms with van der Waals surface area (Å²) >= 11 is 0. The van der Waals surface area contributed by atoms with Crippen LogP contribution in [0.25, 0.3) is 0 Å². The Balaban J connectivity index is 2.32. The molecule has 5 nitrogen and oxygen atoms in total. The van der Waals surface area contributed by atoms with Gasteiger partial charge in [0.1, 0.15) is 0 Å². The van der Waals surface area contributed by atoms with Crippen molar-refractivity contribution in [2.75, 3.05) is 39.3 Å². The fraction of sp³-hybridized carbons (Fsp3) is 0.875. The Morgan fingerprint density at radius 2 is 1.57 bits per heavy atom. The molecule has 1 rings (SSSR count). The summed E-state index contributed by atoms with van der Waals surface area (Å²) in [5, 5.41) is 27.9. The van der Waals surface area contributed by atoms with Crippen LogP contribution in [0.3, 0.4) is 0 Å². The third kappa shape index (κ3) is 6.44. The molecule has 1 heterocycles. The predicted octanol–water partition coefficient (Wildman–Crippen LogP) is 1.45. The van der Waals surface area contributed by atoms with Gasteiger partial charge in [-0.2, -0.15) is 10.5 Å². The average Bonchev–Trinajstić information content (AvgIpc) is 2.44. The van der Waals surface area contributed by atoms with Gasteiger partial charge in [-0.3, -0.25) is 9.80 Å². The number of nitrogens with zero attached hydrogens (tertiary/aromatic N) is 4. The second-order valence-corrected chi connectivity index (χ2v) is 7.01. The molecule has 118 valence electrons. The summed E-state index contributed by atoms with van der Waals surface area (Å²) in [6, 6.07) is 4.41. The van der Waals surface area contributed by atoms with Gasteiger partial charge in [-0.25, -0.2) is 0 Å². The minimum atomic E-state index is -0.313. The topological polar surface area (TPSA) is 74.3 Å². The molecule has 1 N–H and O–H groups in total. The number of β-amino-alcohol motifs (C(OH)–C–C–N with tert-alkyl or cyclic N) is 1. The van der Waals surface area contributed by atoms with E-state index in [1.165, 1.54) is 0 Å². The Labute approximate surface area is 128 Å². The van der Waals surface area contributed by atoms with Gasteiger partial charge in [-0.05, 0) is 11.8 Å². The predicted molar refractivity (Wildman–Crippen MR) is 82.3 cm³/mol. The number of piperazine rings is 1. The fourth-order valence-corrected chi connectivity index (χ4v) is 2.42. The highest BCUT2D eigenvalue weighted by Gasteiger charge is 2.26. The van der Waals surface area contributed by atoms with Crippen molar-refractivity contribution in [3.05, 3.63) is 0 Å². The summed E-state index contributed by atoms with van der Waals surface area (Å²) in [6.07, 6.45) is 0.804. The van der Waals surface area contributed by atoms with Gasteiger partial charge in [0.05, 0.1) is 24.2 Å². The molecule has 2 atom stereocenters. The molecule has 0 aromatic rings. The maximum absolute atomic E-state index is 10.2. The highest BCUT2D eigenvalue weighted by molar-refractivity contribution is 4.89. The molecule has 0 aliphatic carbocycles. The number of aliphatic hydroxyl groups is 1. The number of rotatable bonds is 6. The van der Waals surface area contributed by atoms with Crippen molar-refractivity contribution >= 4 is 0 Å². The molecule has 0 amide bonds. The SMILES string of the molecule is CC(C)(C)C(O)CN1CCN(CC(C#N)CCC#N)CC1. The van der Waals surface area contributed by atoms with Crippen molar-refractivity contribution in [1.29, 1.82) is 10.5 Å². The summed E-state index contributed by atoms with van der Waals surface area (Å²) in [7, 11) is 0. The molecule has 0 bridgehead atoms. The summed E-state index contributed by atoms with van der Waals surface area (Å²) in [4.78, 5) is 4.59. The Morgan fingerprint density at radius 3 is 2.00 bits per heavy atom. The number of aliphatic hydroxyl groups excluding tert-OH is 1. The molecule has 1 fully saturated rings. The van der Waals surface area contributed by atoms with E-state index in [0.717, 1.165) is 32.7 Å². The van der Waals surface area contributed by atoms with Gasteiger partial charge < -0.3 is 5.11 Å². The largest absolute Gasteiger partial charge is 0.391 e. The van der Waals surface area contributed by atoms with E-state index in [1.807, 2.05) is 0 Å². The number of nitriles is 2. The second kappa shape index (κ2) is 8.34. The minimum Gasteiger partial charge on any atom is -0.391 e. The van der Waals surface area contributed by atoms with Gasteiger partial charge in [-0.1, -0.05) is 20.8 Å². The zero-order valence-electron chi connectivity index (χ0n) is 13.5. The van der Waals surface area contributed by atoms with Crippen LogP contribution < -0.4 is 0 Å². The van der Waals surface area contributed by atoms with Crippen molar-refractivity contribution in [1.82, 2.24) is 9.80 Å². The Bertz CT molecular complexity index is 383. The summed E-state index contributed by atoms with van der Waals surface area (Å²) < 4.78 is 0. The minimum absolute atomic E-state index is 0.0450. The molecule has 21 heavy (non-hydrogen) atoms. The highest BCUT2D eigenvalue weighted by Crippen LogP contribution is 2.20. The standard InChI is InChI=1S/C16H28N4O/c1-16(2,3)15(21)13-20-9-7-19(8-10-20)12-14(11-18)5-4-6-17/h14-15,21H,4-5,7-10,12-13H2,1-3H3. The third-order valence-corrected chi connectivity index (χ3v) is 4.16. The van der Waals surface area contributed by atoms with Crippen molar-refractivity contribution < 1.29 is 5.11 Å². The van der Waals surface area contributed by atoms with Crippen LogP contribution in [-0.2, 0) is 0 Å². The Kier molecular flexibility index (Phi) is 7.11. The molecule has 1 aliphatic heterocycles. The average molecular weight is 292 g/mol. The van der Waals surface area contributed by atoms with Gasteiger partial charge in [0.25, 0.3) is 0 Å². The van der Waals surface area contributed by atoms with E-state index < -0.39 is 0 Å². The Hall–Kier alpha value is -1.14. The molecule has 1 saturated heterocycles. The molecular formula is C16H28N4O. The van der Waals surface area contributed by atoms with Crippen LogP contribution >= 0.6 is 0 Å². The molecule has 1 aliphatic rings. The molecule has 5 heteroatoms. The van der Waals surface area contributed by atoms with Crippen LogP contribution in [0.2, 0.25) is 0 Å². The van der Waals surface area contributed by atoms with Crippen molar-refractivity contribution in [3.8, 4) is 12.1 Å². The zero-order chi connectivity index (χ0) is 15.9.